The molecule has 3 heterocycles. The minimum absolute atomic E-state index is 0.0460. The summed E-state index contributed by atoms with van der Waals surface area (Å²) in [5.74, 6) is -0.836. The van der Waals surface area contributed by atoms with Gasteiger partial charge in [-0.25, -0.2) is 9.37 Å². The lowest BCUT2D eigenvalue weighted by atomic mass is 9.73. The van der Waals surface area contributed by atoms with E-state index in [0.717, 1.165) is 63.8 Å². The van der Waals surface area contributed by atoms with Crippen LogP contribution in [0.2, 0.25) is 0 Å². The van der Waals surface area contributed by atoms with E-state index in [1.54, 1.807) is 29.7 Å². The molecule has 4 unspecified atom stereocenters. The minimum Gasteiger partial charge on any atom is -0.391 e. The Morgan fingerprint density at radius 1 is 1.06 bits per heavy atom. The minimum atomic E-state index is -0.824. The van der Waals surface area contributed by atoms with Gasteiger partial charge in [0.1, 0.15) is 11.9 Å². The molecule has 10 nitrogen and oxygen atoms in total. The molecule has 2 aromatic heterocycles. The van der Waals surface area contributed by atoms with Crippen molar-refractivity contribution in [2.45, 2.75) is 97.4 Å². The van der Waals surface area contributed by atoms with Crippen LogP contribution in [0.15, 0.2) is 60.2 Å². The number of aliphatic hydroxyl groups excluding tert-OH is 1. The molecule has 2 fully saturated rings. The number of benzene rings is 2. The second-order valence-corrected chi connectivity index (χ2v) is 16.5. The van der Waals surface area contributed by atoms with Gasteiger partial charge in [-0.05, 0) is 90.8 Å². The van der Waals surface area contributed by atoms with Crippen LogP contribution >= 0.6 is 11.3 Å². The lowest BCUT2D eigenvalue weighted by Gasteiger charge is -2.36. The lowest BCUT2D eigenvalue weighted by Crippen LogP contribution is -2.59. The predicted octanol–water partition coefficient (Wildman–Crippen LogP) is 5.65. The predicted molar refractivity (Wildman–Crippen MR) is 206 cm³/mol. The summed E-state index contributed by atoms with van der Waals surface area (Å²) in [7, 11) is 1.44. The zero-order valence-electron chi connectivity index (χ0n) is 31.1. The number of β-amino-alcohol motifs (C(OH)–C–C–N with tert-alkyl or cyclic N) is 1. The highest BCUT2D eigenvalue weighted by Crippen LogP contribution is 2.41. The van der Waals surface area contributed by atoms with Crippen LogP contribution in [0, 0.1) is 30.0 Å². The van der Waals surface area contributed by atoms with Gasteiger partial charge in [0.25, 0.3) is 0 Å². The average molecular weight is 740 g/mol. The number of aryl methyl sites for hydroxylation is 1. The zero-order valence-corrected chi connectivity index (χ0v) is 31.9. The number of aliphatic hydroxyl groups is 1. The summed E-state index contributed by atoms with van der Waals surface area (Å²) in [6.45, 7) is 9.99. The molecular formula is C40H49BFN6O4S. The van der Waals surface area contributed by atoms with Gasteiger partial charge in [0, 0.05) is 37.0 Å². The molecule has 4 aromatic rings. The number of nitrogens with zero attached hydrogens (tertiary/aromatic N) is 3. The van der Waals surface area contributed by atoms with Crippen molar-refractivity contribution in [2.24, 2.45) is 17.3 Å². The van der Waals surface area contributed by atoms with E-state index >= 15 is 0 Å². The van der Waals surface area contributed by atoms with Crippen molar-refractivity contribution in [3.63, 3.8) is 0 Å². The van der Waals surface area contributed by atoms with Crippen molar-refractivity contribution in [3.8, 4) is 10.4 Å². The molecule has 1 aliphatic heterocycles. The molecule has 2 aromatic carbocycles. The van der Waals surface area contributed by atoms with Crippen LogP contribution in [-0.4, -0.2) is 70.0 Å². The summed E-state index contributed by atoms with van der Waals surface area (Å²) >= 11 is 1.58. The highest BCUT2D eigenvalue weighted by molar-refractivity contribution is 7.13. The maximum Gasteiger partial charge on any atom is 0.349 e. The number of hydrogen-bond acceptors (Lipinski definition) is 8. The van der Waals surface area contributed by atoms with Gasteiger partial charge in [-0.3, -0.25) is 19.4 Å². The van der Waals surface area contributed by atoms with E-state index in [-0.39, 0.29) is 60.8 Å². The Balaban J connectivity index is 1.01. The number of rotatable bonds is 11. The number of carbonyl (C=O) groups is 3. The molecule has 1 saturated heterocycles. The third-order valence-electron chi connectivity index (χ3n) is 10.9. The fraction of sp³-hybridized carbons (Fsp3) is 0.475. The first-order valence-corrected chi connectivity index (χ1v) is 19.4. The first kappa shape index (κ1) is 38.5. The second-order valence-electron chi connectivity index (χ2n) is 15.7. The topological polar surface area (TPSA) is 137 Å². The Morgan fingerprint density at radius 2 is 1.79 bits per heavy atom. The molecule has 279 valence electrons. The van der Waals surface area contributed by atoms with E-state index < -0.39 is 23.6 Å². The average Bonchev–Trinajstić information content (AvgIpc) is 3.76. The first-order valence-electron chi connectivity index (χ1n) is 18.5. The Hall–Kier alpha value is -4.20. The molecule has 2 aliphatic rings. The van der Waals surface area contributed by atoms with E-state index in [2.05, 4.69) is 25.7 Å². The number of nitrogens with one attached hydrogen (secondary N) is 3. The standard InChI is InChI=1S/C40H49BFN6O4S/c1-23(26-10-12-27(13-11-26)31-16-17-43-33-15-14-29(42)18-32(31)33)37(50)47-41-46-36(40(3,4)5)39(52)48-21-30(49)19-34(48)38(51)44-20-25-6-8-28(9-7-25)35-24(2)45-22-53-35/h6-9,14-18,22-23,26-27,30,34,36,46,49H,10-13,19-21H2,1-5H3,(H,44,51)(H,47,50). The quantitative estimate of drug-likeness (QED) is 0.146. The van der Waals surface area contributed by atoms with Crippen LogP contribution < -0.4 is 15.8 Å². The number of hydrogen-bond donors (Lipinski definition) is 4. The number of aromatic nitrogens is 2. The highest BCUT2D eigenvalue weighted by atomic mass is 32.1. The van der Waals surface area contributed by atoms with Gasteiger partial charge in [0.15, 0.2) is 0 Å². The molecule has 3 amide bonds. The Bertz CT molecular complexity index is 1930. The molecule has 1 radical (unpaired) electrons. The number of fused-ring (bicyclic) bond motifs is 1. The molecule has 1 aliphatic carbocycles. The van der Waals surface area contributed by atoms with Gasteiger partial charge in [0.05, 0.1) is 33.7 Å². The lowest BCUT2D eigenvalue weighted by molar-refractivity contribution is -0.141. The molecule has 13 heteroatoms. The van der Waals surface area contributed by atoms with Crippen LogP contribution in [0.4, 0.5) is 4.39 Å². The van der Waals surface area contributed by atoms with E-state index in [4.69, 9.17) is 0 Å². The summed E-state index contributed by atoms with van der Waals surface area (Å²) in [6.07, 6.45) is 4.64. The van der Waals surface area contributed by atoms with Crippen molar-refractivity contribution >= 4 is 47.5 Å². The largest absolute Gasteiger partial charge is 0.391 e. The van der Waals surface area contributed by atoms with Gasteiger partial charge in [-0.1, -0.05) is 52.0 Å². The molecule has 1 saturated carbocycles. The Morgan fingerprint density at radius 3 is 2.47 bits per heavy atom. The van der Waals surface area contributed by atoms with Crippen LogP contribution in [0.25, 0.3) is 21.3 Å². The third kappa shape index (κ3) is 8.96. The number of pyridine rings is 1. The maximum atomic E-state index is 14.0. The summed E-state index contributed by atoms with van der Waals surface area (Å²) in [5, 5.41) is 20.4. The summed E-state index contributed by atoms with van der Waals surface area (Å²) in [5.41, 5.74) is 6.10. The molecule has 0 spiro atoms. The van der Waals surface area contributed by atoms with E-state index in [0.29, 0.717) is 0 Å². The number of thiazole rings is 1. The number of amides is 3. The molecule has 4 atom stereocenters. The van der Waals surface area contributed by atoms with Gasteiger partial charge in [0.2, 0.25) is 17.7 Å². The normalized spacial score (nSPS) is 21.6. The van der Waals surface area contributed by atoms with Gasteiger partial charge in [-0.15, -0.1) is 11.3 Å². The molecule has 53 heavy (non-hydrogen) atoms. The van der Waals surface area contributed by atoms with Crippen LogP contribution in [0.1, 0.15) is 82.5 Å². The van der Waals surface area contributed by atoms with Crippen molar-refractivity contribution in [2.75, 3.05) is 6.54 Å². The highest BCUT2D eigenvalue weighted by Gasteiger charge is 2.44. The van der Waals surface area contributed by atoms with E-state index in [1.165, 1.54) is 18.5 Å². The molecule has 0 bridgehead atoms. The smallest absolute Gasteiger partial charge is 0.349 e. The van der Waals surface area contributed by atoms with Crippen molar-refractivity contribution in [1.82, 2.24) is 30.6 Å². The number of carbonyl (C=O) groups excluding carboxylic acids is 3. The van der Waals surface area contributed by atoms with Gasteiger partial charge >= 0.3 is 7.55 Å². The SMILES string of the molecule is Cc1ncsc1-c1ccc(CNC(=O)C2CC(O)CN2C(=O)C(N[B]NC(=O)C(C)C2CCC(c3ccnc4ccc(F)cc34)CC2)C(C)(C)C)cc1. The first-order chi connectivity index (χ1) is 25.3. The molecular weight excluding hydrogens is 690 g/mol. The van der Waals surface area contributed by atoms with Crippen LogP contribution in [0.3, 0.4) is 0 Å². The maximum absolute atomic E-state index is 14.0. The van der Waals surface area contributed by atoms with Crippen molar-refractivity contribution in [3.05, 3.63) is 82.9 Å². The number of likely N-dealkylation sites (tertiary alicyclic amines) is 1. The number of halogens is 1. The van der Waals surface area contributed by atoms with E-state index in [1.807, 2.05) is 70.5 Å². The van der Waals surface area contributed by atoms with Gasteiger partial charge < -0.3 is 25.8 Å². The van der Waals surface area contributed by atoms with Crippen molar-refractivity contribution in [1.29, 1.82) is 0 Å². The molecule has 6 rings (SSSR count). The summed E-state index contributed by atoms with van der Waals surface area (Å²) in [4.78, 5) is 52.0. The molecule has 4 N–H and O–H groups in total. The third-order valence-corrected chi connectivity index (χ3v) is 11.9. The van der Waals surface area contributed by atoms with Gasteiger partial charge in [-0.2, -0.15) is 0 Å². The second kappa shape index (κ2) is 16.4. The fourth-order valence-corrected chi connectivity index (χ4v) is 8.60. The van der Waals surface area contributed by atoms with Crippen LogP contribution in [0.5, 0.6) is 0 Å². The Kier molecular flexibility index (Phi) is 12.0. The van der Waals surface area contributed by atoms with Crippen molar-refractivity contribution < 1.29 is 23.9 Å². The van der Waals surface area contributed by atoms with Crippen LogP contribution in [-0.2, 0) is 20.9 Å². The zero-order chi connectivity index (χ0) is 37.9. The monoisotopic (exact) mass is 739 g/mol. The Labute approximate surface area is 315 Å². The fourth-order valence-electron chi connectivity index (χ4n) is 7.79. The summed E-state index contributed by atoms with van der Waals surface area (Å²) in [6, 6.07) is 13.0. The van der Waals surface area contributed by atoms with E-state index in [9.17, 15) is 23.9 Å². The summed E-state index contributed by atoms with van der Waals surface area (Å²) < 4.78 is 14.0.